The van der Waals surface area contributed by atoms with E-state index in [4.69, 9.17) is 20.6 Å². The molecule has 0 saturated carbocycles. The summed E-state index contributed by atoms with van der Waals surface area (Å²) in [5.41, 5.74) is 3.47. The number of benzene rings is 1. The second kappa shape index (κ2) is 13.3. The molecule has 2 aromatic rings. The molecule has 1 aliphatic heterocycles. The summed E-state index contributed by atoms with van der Waals surface area (Å²) in [6.45, 7) is 2.29. The van der Waals surface area contributed by atoms with Crippen molar-refractivity contribution < 1.29 is 71.4 Å². The number of anilines is 1. The molecule has 1 saturated heterocycles. The summed E-state index contributed by atoms with van der Waals surface area (Å²) in [6.07, 6.45) is -0.571. The molecule has 212 valence electrons. The fraction of sp³-hybridized carbons (Fsp3) is 0.333. The van der Waals surface area contributed by atoms with Crippen molar-refractivity contribution in [3.63, 3.8) is 0 Å². The van der Waals surface area contributed by atoms with Crippen LogP contribution in [-0.2, 0) is 40.9 Å². The van der Waals surface area contributed by atoms with E-state index in [0.29, 0.717) is 5.56 Å². The van der Waals surface area contributed by atoms with E-state index < -0.39 is 62.8 Å². The molecule has 1 aromatic carbocycles. The van der Waals surface area contributed by atoms with E-state index in [2.05, 4.69) is 15.5 Å². The SMILES string of the molecule is CC(C)(ON=C(C(=O)NC1C(=O)N(S(=O)(=O)[O-])C1CC#N)c1csc(N)n1)C(=O)OCc1ccc([N+](=O)[O-])cc1.[Na+]. The summed E-state index contributed by atoms with van der Waals surface area (Å²) < 4.78 is 39.2. The number of β-lactam (4-membered cyclic amide) rings is 1. The largest absolute Gasteiger partial charge is 1.00 e. The summed E-state index contributed by atoms with van der Waals surface area (Å²) in [5.74, 6) is -3.28. The van der Waals surface area contributed by atoms with Gasteiger partial charge in [0.25, 0.3) is 17.5 Å². The van der Waals surface area contributed by atoms with Crippen molar-refractivity contribution in [3.05, 3.63) is 51.0 Å². The van der Waals surface area contributed by atoms with E-state index in [9.17, 15) is 37.5 Å². The number of esters is 1. The van der Waals surface area contributed by atoms with Gasteiger partial charge in [0.05, 0.1) is 23.5 Å². The van der Waals surface area contributed by atoms with Gasteiger partial charge in [-0.25, -0.2) is 22.5 Å². The molecule has 3 rings (SSSR count). The zero-order valence-electron chi connectivity index (χ0n) is 21.7. The number of aromatic nitrogens is 1. The number of hydrogen-bond acceptors (Lipinski definition) is 15. The third-order valence-electron chi connectivity index (χ3n) is 5.35. The van der Waals surface area contributed by atoms with Gasteiger partial charge in [0.1, 0.15) is 18.3 Å². The Balaban J connectivity index is 0.00000588. The van der Waals surface area contributed by atoms with Gasteiger partial charge in [0.2, 0.25) is 5.60 Å². The van der Waals surface area contributed by atoms with Crippen molar-refractivity contribution in [2.24, 2.45) is 5.16 Å². The van der Waals surface area contributed by atoms with E-state index >= 15 is 0 Å². The number of thiazole rings is 1. The van der Waals surface area contributed by atoms with Gasteiger partial charge < -0.3 is 25.2 Å². The monoisotopic (exact) mass is 617 g/mol. The maximum absolute atomic E-state index is 13.0. The molecule has 3 N–H and O–H groups in total. The van der Waals surface area contributed by atoms with E-state index in [1.165, 1.54) is 43.5 Å². The number of non-ortho nitro benzene ring substituents is 1. The van der Waals surface area contributed by atoms with E-state index in [-0.39, 0.29) is 57.0 Å². The normalized spacial score (nSPS) is 17.0. The van der Waals surface area contributed by atoms with Crippen LogP contribution in [0, 0.1) is 21.4 Å². The van der Waals surface area contributed by atoms with Crippen LogP contribution in [0.25, 0.3) is 0 Å². The molecule has 41 heavy (non-hydrogen) atoms. The van der Waals surface area contributed by atoms with Crippen LogP contribution >= 0.6 is 11.3 Å². The number of nitrogen functional groups attached to an aromatic ring is 1. The Kier molecular flexibility index (Phi) is 10.9. The van der Waals surface area contributed by atoms with Crippen molar-refractivity contribution in [2.45, 2.75) is 44.6 Å². The molecule has 17 nitrogen and oxygen atoms in total. The molecule has 0 bridgehead atoms. The minimum absolute atomic E-state index is 0. The van der Waals surface area contributed by atoms with Crippen LogP contribution < -0.4 is 40.6 Å². The summed E-state index contributed by atoms with van der Waals surface area (Å²) in [6, 6.07) is 3.91. The van der Waals surface area contributed by atoms with E-state index in [1.807, 2.05) is 0 Å². The molecule has 1 aromatic heterocycles. The first kappa shape index (κ1) is 33.5. The van der Waals surface area contributed by atoms with Gasteiger partial charge >= 0.3 is 35.5 Å². The Hall–Kier alpha value is -3.67. The number of nitro benzene ring substituents is 1. The number of amides is 2. The molecule has 1 aliphatic rings. The van der Waals surface area contributed by atoms with Crippen molar-refractivity contribution in [3.8, 4) is 6.07 Å². The number of nitrogens with two attached hydrogens (primary N) is 1. The smallest absolute Gasteiger partial charge is 0.731 e. The van der Waals surface area contributed by atoms with Crippen LogP contribution in [0.5, 0.6) is 0 Å². The van der Waals surface area contributed by atoms with Crippen molar-refractivity contribution in [2.75, 3.05) is 5.73 Å². The number of hydrogen-bond donors (Lipinski definition) is 2. The molecule has 2 heterocycles. The second-order valence-electron chi connectivity index (χ2n) is 8.58. The number of carbonyl (C=O) groups excluding carboxylic acids is 3. The van der Waals surface area contributed by atoms with Crippen LogP contribution in [0.4, 0.5) is 10.8 Å². The molecule has 1 fully saturated rings. The Morgan fingerprint density at radius 1 is 1.34 bits per heavy atom. The number of nitrogens with one attached hydrogen (secondary N) is 1. The maximum Gasteiger partial charge on any atom is 1.00 e. The quantitative estimate of drug-likeness (QED) is 0.0483. The summed E-state index contributed by atoms with van der Waals surface area (Å²) >= 11 is 0.928. The minimum Gasteiger partial charge on any atom is -0.731 e. The average Bonchev–Trinajstić information content (AvgIpc) is 3.30. The fourth-order valence-corrected chi connectivity index (χ4v) is 4.70. The van der Waals surface area contributed by atoms with Gasteiger partial charge in [-0.05, 0) is 31.5 Å². The first-order valence-electron chi connectivity index (χ1n) is 11.0. The van der Waals surface area contributed by atoms with Crippen molar-refractivity contribution in [1.29, 1.82) is 5.26 Å². The summed E-state index contributed by atoms with van der Waals surface area (Å²) in [7, 11) is -5.23. The topological polar surface area (TPSA) is 260 Å². The number of nitro groups is 1. The Morgan fingerprint density at radius 2 is 1.98 bits per heavy atom. The third-order valence-corrected chi connectivity index (χ3v) is 6.96. The fourth-order valence-electron chi connectivity index (χ4n) is 3.29. The van der Waals surface area contributed by atoms with E-state index in [0.717, 1.165) is 11.3 Å². The summed E-state index contributed by atoms with van der Waals surface area (Å²) in [5, 5.41) is 27.0. The average molecular weight is 618 g/mol. The van der Waals surface area contributed by atoms with Gasteiger partial charge in [-0.2, -0.15) is 5.26 Å². The van der Waals surface area contributed by atoms with Gasteiger partial charge in [-0.15, -0.1) is 11.3 Å². The molecule has 2 atom stereocenters. The maximum atomic E-state index is 13.0. The molecular weight excluding hydrogens is 597 g/mol. The zero-order chi connectivity index (χ0) is 29.8. The molecule has 2 unspecified atom stereocenters. The van der Waals surface area contributed by atoms with E-state index in [1.54, 1.807) is 6.07 Å². The van der Waals surface area contributed by atoms with Crippen LogP contribution in [-0.4, -0.2) is 68.4 Å². The van der Waals surface area contributed by atoms with Gasteiger partial charge in [0.15, 0.2) is 21.1 Å². The zero-order valence-corrected chi connectivity index (χ0v) is 25.3. The summed E-state index contributed by atoms with van der Waals surface area (Å²) in [4.78, 5) is 57.3. The van der Waals surface area contributed by atoms with Gasteiger partial charge in [0, 0.05) is 17.5 Å². The molecule has 0 spiro atoms. The van der Waals surface area contributed by atoms with Crippen LogP contribution in [0.15, 0.2) is 34.8 Å². The number of nitrogens with zero attached hydrogens (tertiary/aromatic N) is 5. The molecule has 20 heteroatoms. The van der Waals surface area contributed by atoms with Crippen molar-refractivity contribution >= 4 is 56.0 Å². The standard InChI is InChI=1S/C21H21N7O10S2.Na/c1-21(2,19(31)37-9-11-3-5-12(6-4-11)28(32)33)38-26-15(13-10-39-20(23)24-13)17(29)25-16-14(7-8-22)27(18(16)30)40(34,35)36;/h3-6,10,14,16H,7,9H2,1-2H3,(H2,23,24)(H,25,29)(H,34,35,36);/q;+1/p-1. The second-order valence-corrected chi connectivity index (χ2v) is 10.7. The Morgan fingerprint density at radius 3 is 2.49 bits per heavy atom. The molecule has 0 aliphatic carbocycles. The minimum atomic E-state index is -5.23. The first-order chi connectivity index (χ1) is 18.7. The van der Waals surface area contributed by atoms with Gasteiger partial charge in [-0.1, -0.05) is 5.16 Å². The van der Waals surface area contributed by atoms with Crippen LogP contribution in [0.3, 0.4) is 0 Å². The Bertz CT molecular complexity index is 1520. The number of nitriles is 1. The number of oxime groups is 1. The predicted molar refractivity (Wildman–Crippen MR) is 134 cm³/mol. The van der Waals surface area contributed by atoms with Gasteiger partial charge in [-0.3, -0.25) is 19.7 Å². The number of carbonyl (C=O) groups is 3. The van der Waals surface area contributed by atoms with Crippen molar-refractivity contribution in [1.82, 2.24) is 14.6 Å². The molecule has 0 radical (unpaired) electrons. The Labute approximate surface area is 258 Å². The predicted octanol–water partition coefficient (Wildman–Crippen LogP) is -3.05. The number of ether oxygens (including phenoxy) is 1. The van der Waals surface area contributed by atoms with Crippen LogP contribution in [0.1, 0.15) is 31.5 Å². The third kappa shape index (κ3) is 7.96. The molecule has 2 amide bonds. The van der Waals surface area contributed by atoms with Crippen LogP contribution in [0.2, 0.25) is 0 Å². The number of rotatable bonds is 11. The molecular formula is C21H20N7NaO10S2. The first-order valence-corrected chi connectivity index (χ1v) is 13.2.